The minimum atomic E-state index is 0.888. The number of hydrogen-bond donors (Lipinski definition) is 0. The fraction of sp³-hybridized carbons (Fsp3) is 0. The number of anilines is 3. The van der Waals surface area contributed by atoms with Crippen molar-refractivity contribution < 1.29 is 4.42 Å². The molecule has 0 spiro atoms. The molecule has 2 heteroatoms. The number of rotatable bonds is 7. The molecule has 0 bridgehead atoms. The molecule has 0 amide bonds. The maximum Gasteiger partial charge on any atom is 0.143 e. The van der Waals surface area contributed by atoms with Gasteiger partial charge >= 0.3 is 0 Å². The Balaban J connectivity index is 0.903. The Kier molecular flexibility index (Phi) is 8.89. The van der Waals surface area contributed by atoms with Gasteiger partial charge in [-0.15, -0.1) is 0 Å². The molecule has 13 rings (SSSR count). The summed E-state index contributed by atoms with van der Waals surface area (Å²) >= 11 is 0. The lowest BCUT2D eigenvalue weighted by atomic mass is 9.96. The number of furan rings is 1. The molecule has 0 unspecified atom stereocenters. The van der Waals surface area contributed by atoms with Crippen LogP contribution >= 0.6 is 0 Å². The van der Waals surface area contributed by atoms with Crippen molar-refractivity contribution in [2.24, 2.45) is 0 Å². The Labute approximate surface area is 382 Å². The molecule has 13 aromatic rings. The van der Waals surface area contributed by atoms with E-state index in [1.165, 1.54) is 71.1 Å². The lowest BCUT2D eigenvalue weighted by Gasteiger charge is -2.26. The number of hydrogen-bond acceptors (Lipinski definition) is 2. The largest absolute Gasteiger partial charge is 0.455 e. The number of nitrogens with zero attached hydrogens (tertiary/aromatic N) is 1. The van der Waals surface area contributed by atoms with Crippen molar-refractivity contribution in [2.45, 2.75) is 0 Å². The molecule has 12 aromatic carbocycles. The lowest BCUT2D eigenvalue weighted by molar-refractivity contribution is 0.673. The van der Waals surface area contributed by atoms with Gasteiger partial charge in [0, 0.05) is 33.2 Å². The van der Waals surface area contributed by atoms with Crippen LogP contribution in [0.3, 0.4) is 0 Å². The average molecular weight is 840 g/mol. The monoisotopic (exact) mass is 839 g/mol. The summed E-state index contributed by atoms with van der Waals surface area (Å²) in [4.78, 5) is 2.37. The van der Waals surface area contributed by atoms with Gasteiger partial charge in [-0.2, -0.15) is 0 Å². The first kappa shape index (κ1) is 37.8. The molecule has 0 aliphatic heterocycles. The molecule has 0 radical (unpaired) electrons. The van der Waals surface area contributed by atoms with Gasteiger partial charge in [0.15, 0.2) is 0 Å². The first-order valence-electron chi connectivity index (χ1n) is 22.6. The fourth-order valence-electron chi connectivity index (χ4n) is 10.1. The zero-order valence-electron chi connectivity index (χ0n) is 36.0. The molecule has 0 N–H and O–H groups in total. The molecule has 0 aliphatic rings. The minimum absolute atomic E-state index is 0.888. The van der Waals surface area contributed by atoms with E-state index in [0.717, 1.165) is 55.5 Å². The van der Waals surface area contributed by atoms with Crippen LogP contribution in [-0.2, 0) is 0 Å². The van der Waals surface area contributed by atoms with Crippen LogP contribution in [0.5, 0.6) is 0 Å². The maximum absolute atomic E-state index is 6.62. The second-order valence-corrected chi connectivity index (χ2v) is 17.3. The van der Waals surface area contributed by atoms with Crippen molar-refractivity contribution in [2.75, 3.05) is 4.90 Å². The third kappa shape index (κ3) is 6.50. The fourth-order valence-corrected chi connectivity index (χ4v) is 10.1. The molecule has 1 heterocycles. The summed E-state index contributed by atoms with van der Waals surface area (Å²) in [6.45, 7) is 0. The summed E-state index contributed by atoms with van der Waals surface area (Å²) in [6, 6.07) is 90.3. The van der Waals surface area contributed by atoms with E-state index in [9.17, 15) is 0 Å². The molecule has 66 heavy (non-hydrogen) atoms. The molecule has 2 nitrogen and oxygen atoms in total. The summed E-state index contributed by atoms with van der Waals surface area (Å²) in [5, 5.41) is 12.1. The molecule has 0 aliphatic carbocycles. The van der Waals surface area contributed by atoms with Gasteiger partial charge < -0.3 is 9.32 Å². The number of benzene rings is 12. The Bertz CT molecular complexity index is 3990. The van der Waals surface area contributed by atoms with E-state index in [1.54, 1.807) is 0 Å². The van der Waals surface area contributed by atoms with E-state index in [1.807, 2.05) is 0 Å². The van der Waals surface area contributed by atoms with Crippen molar-refractivity contribution in [1.29, 1.82) is 0 Å². The van der Waals surface area contributed by atoms with E-state index in [0.29, 0.717) is 0 Å². The van der Waals surface area contributed by atoms with Gasteiger partial charge in [0.05, 0.1) is 0 Å². The highest BCUT2D eigenvalue weighted by Gasteiger charge is 2.18. The van der Waals surface area contributed by atoms with E-state index in [-0.39, 0.29) is 0 Å². The first-order valence-corrected chi connectivity index (χ1v) is 22.6. The Hall–Kier alpha value is -8.72. The Morgan fingerprint density at radius 3 is 1.55 bits per heavy atom. The van der Waals surface area contributed by atoms with E-state index >= 15 is 0 Å². The summed E-state index contributed by atoms with van der Waals surface area (Å²) in [7, 11) is 0. The maximum atomic E-state index is 6.62. The second-order valence-electron chi connectivity index (χ2n) is 17.3. The molecule has 1 aromatic heterocycles. The predicted octanol–water partition coefficient (Wildman–Crippen LogP) is 18.3. The van der Waals surface area contributed by atoms with E-state index in [2.05, 4.69) is 254 Å². The standard InChI is InChI=1S/C64H41NO/c1-2-13-47-39-51(24-22-42(47)10-1)49-15-7-14-48(38-49)43-26-32-54(33-27-43)65(55-34-28-44(29-35-55)50-31-36-58-53(40-50)25-23-45-11-3-5-18-57(45)58)56-17-8-16-52(41-56)59-20-9-21-62-63(59)61-37-30-46-12-4-6-19-60(46)64(61)66-62/h1-41H. The van der Waals surface area contributed by atoms with Crippen molar-refractivity contribution in [3.8, 4) is 44.5 Å². The molecule has 0 fully saturated rings. The van der Waals surface area contributed by atoms with Crippen molar-refractivity contribution >= 4 is 82.1 Å². The van der Waals surface area contributed by atoms with Gasteiger partial charge in [0.1, 0.15) is 11.2 Å². The van der Waals surface area contributed by atoms with Crippen molar-refractivity contribution in [1.82, 2.24) is 0 Å². The SMILES string of the molecule is c1cc(-c2ccc(N(c3ccc(-c4ccc5c(ccc6ccccc65)c4)cc3)c3cccc(-c4cccc5oc6c7ccccc7ccc6c45)c3)cc2)cc(-c2ccc3ccccc3c2)c1. The zero-order valence-corrected chi connectivity index (χ0v) is 36.0. The third-order valence-electron chi connectivity index (χ3n) is 13.4. The predicted molar refractivity (Wildman–Crippen MR) is 280 cm³/mol. The van der Waals surface area contributed by atoms with Gasteiger partial charge in [0.25, 0.3) is 0 Å². The van der Waals surface area contributed by atoms with Crippen LogP contribution in [0.2, 0.25) is 0 Å². The van der Waals surface area contributed by atoms with E-state index < -0.39 is 0 Å². The molecular formula is C64H41NO. The second kappa shape index (κ2) is 15.5. The Morgan fingerprint density at radius 2 is 0.758 bits per heavy atom. The van der Waals surface area contributed by atoms with Gasteiger partial charge in [-0.25, -0.2) is 0 Å². The smallest absolute Gasteiger partial charge is 0.143 e. The van der Waals surface area contributed by atoms with Crippen LogP contribution in [-0.4, -0.2) is 0 Å². The van der Waals surface area contributed by atoms with Crippen LogP contribution < -0.4 is 4.90 Å². The van der Waals surface area contributed by atoms with Gasteiger partial charge in [-0.3, -0.25) is 0 Å². The lowest BCUT2D eigenvalue weighted by Crippen LogP contribution is -2.10. The summed E-state index contributed by atoms with van der Waals surface area (Å²) in [5.41, 5.74) is 14.4. The topological polar surface area (TPSA) is 16.4 Å². The van der Waals surface area contributed by atoms with Gasteiger partial charge in [0.2, 0.25) is 0 Å². The summed E-state index contributed by atoms with van der Waals surface area (Å²) < 4.78 is 6.62. The van der Waals surface area contributed by atoms with Crippen LogP contribution in [0, 0.1) is 0 Å². The van der Waals surface area contributed by atoms with Gasteiger partial charge in [-0.1, -0.05) is 182 Å². The van der Waals surface area contributed by atoms with Crippen molar-refractivity contribution in [3.05, 3.63) is 249 Å². The molecular weight excluding hydrogens is 799 g/mol. The molecule has 308 valence electrons. The highest BCUT2D eigenvalue weighted by molar-refractivity contribution is 6.19. The van der Waals surface area contributed by atoms with Gasteiger partial charge in [-0.05, 0) is 149 Å². The normalized spacial score (nSPS) is 11.6. The zero-order chi connectivity index (χ0) is 43.6. The highest BCUT2D eigenvalue weighted by atomic mass is 16.3. The molecule has 0 atom stereocenters. The van der Waals surface area contributed by atoms with Crippen LogP contribution in [0.1, 0.15) is 0 Å². The number of fused-ring (bicyclic) bond motifs is 9. The quantitative estimate of drug-likeness (QED) is 0.149. The third-order valence-corrected chi connectivity index (χ3v) is 13.4. The minimum Gasteiger partial charge on any atom is -0.455 e. The van der Waals surface area contributed by atoms with Crippen molar-refractivity contribution in [3.63, 3.8) is 0 Å². The highest BCUT2D eigenvalue weighted by Crippen LogP contribution is 2.43. The van der Waals surface area contributed by atoms with Crippen LogP contribution in [0.15, 0.2) is 253 Å². The van der Waals surface area contributed by atoms with E-state index in [4.69, 9.17) is 4.42 Å². The summed E-state index contributed by atoms with van der Waals surface area (Å²) in [6.07, 6.45) is 0. The van der Waals surface area contributed by atoms with Crippen LogP contribution in [0.25, 0.3) is 110 Å². The first-order chi connectivity index (χ1) is 32.7. The Morgan fingerprint density at radius 1 is 0.258 bits per heavy atom. The summed E-state index contributed by atoms with van der Waals surface area (Å²) in [5.74, 6) is 0. The molecule has 0 saturated heterocycles. The molecule has 0 saturated carbocycles. The van der Waals surface area contributed by atoms with Crippen LogP contribution in [0.4, 0.5) is 17.1 Å². The average Bonchev–Trinajstić information content (AvgIpc) is 3.79.